The largest absolute Gasteiger partial charge is 0.383 e. The molecule has 4 heteroatoms. The SMILES string of the molecule is CCN(C(=O)C1(CN)CCC(C)CC1)C(C)COC. The molecule has 0 bridgehead atoms. The molecule has 0 radical (unpaired) electrons. The number of hydrogen-bond donors (Lipinski definition) is 1. The number of carbonyl (C=O) groups excluding carboxylic acids is 1. The summed E-state index contributed by atoms with van der Waals surface area (Å²) < 4.78 is 5.18. The molecule has 0 saturated heterocycles. The highest BCUT2D eigenvalue weighted by Crippen LogP contribution is 2.39. The molecule has 1 fully saturated rings. The Hall–Kier alpha value is -0.610. The highest BCUT2D eigenvalue weighted by Gasteiger charge is 2.42. The summed E-state index contributed by atoms with van der Waals surface area (Å²) in [6.45, 7) is 8.10. The molecule has 1 atom stereocenters. The third-order valence-electron chi connectivity index (χ3n) is 4.62. The number of amides is 1. The van der Waals surface area contributed by atoms with E-state index >= 15 is 0 Å². The van der Waals surface area contributed by atoms with Crippen LogP contribution in [0.1, 0.15) is 46.5 Å². The molecule has 0 spiro atoms. The highest BCUT2D eigenvalue weighted by atomic mass is 16.5. The first kappa shape index (κ1) is 16.4. The molecule has 0 aromatic rings. The molecule has 1 unspecified atom stereocenters. The van der Waals surface area contributed by atoms with Gasteiger partial charge in [0, 0.05) is 20.2 Å². The van der Waals surface area contributed by atoms with E-state index in [0.717, 1.165) is 38.1 Å². The molecule has 19 heavy (non-hydrogen) atoms. The number of rotatable bonds is 6. The molecule has 2 N–H and O–H groups in total. The first-order valence-corrected chi connectivity index (χ1v) is 7.50. The zero-order chi connectivity index (χ0) is 14.5. The Morgan fingerprint density at radius 3 is 2.47 bits per heavy atom. The number of methoxy groups -OCH3 is 1. The van der Waals surface area contributed by atoms with Crippen molar-refractivity contribution in [3.05, 3.63) is 0 Å². The Labute approximate surface area is 117 Å². The second kappa shape index (κ2) is 7.25. The van der Waals surface area contributed by atoms with Crippen molar-refractivity contribution in [1.29, 1.82) is 0 Å². The Kier molecular flexibility index (Phi) is 6.27. The van der Waals surface area contributed by atoms with Gasteiger partial charge in [-0.1, -0.05) is 6.92 Å². The summed E-state index contributed by atoms with van der Waals surface area (Å²) in [5.74, 6) is 0.952. The Bertz CT molecular complexity index is 286. The number of hydrogen-bond acceptors (Lipinski definition) is 3. The van der Waals surface area contributed by atoms with Crippen molar-refractivity contribution in [2.24, 2.45) is 17.1 Å². The standard InChI is InChI=1S/C15H30N2O2/c1-5-17(13(3)10-19-4)14(18)15(11-16)8-6-12(2)7-9-15/h12-13H,5-11,16H2,1-4H3. The number of likely N-dealkylation sites (N-methyl/N-ethyl adjacent to an activating group) is 1. The number of nitrogens with zero attached hydrogens (tertiary/aromatic N) is 1. The van der Waals surface area contributed by atoms with E-state index in [4.69, 9.17) is 10.5 Å². The zero-order valence-corrected chi connectivity index (χ0v) is 12.9. The Morgan fingerprint density at radius 2 is 2.05 bits per heavy atom. The molecule has 0 heterocycles. The summed E-state index contributed by atoms with van der Waals surface area (Å²) in [7, 11) is 1.68. The summed E-state index contributed by atoms with van der Waals surface area (Å²) in [6, 6.07) is 0.116. The lowest BCUT2D eigenvalue weighted by atomic mass is 9.70. The maximum absolute atomic E-state index is 12.9. The molecule has 112 valence electrons. The number of ether oxygens (including phenoxy) is 1. The normalized spacial score (nSPS) is 29.0. The fourth-order valence-electron chi connectivity index (χ4n) is 3.11. The molecule has 1 aliphatic rings. The minimum absolute atomic E-state index is 0.116. The molecule has 0 aromatic heterocycles. The molecule has 1 saturated carbocycles. The molecule has 1 aliphatic carbocycles. The average Bonchev–Trinajstić information content (AvgIpc) is 2.41. The topological polar surface area (TPSA) is 55.6 Å². The predicted octanol–water partition coefficient (Wildman–Crippen LogP) is 2.02. The van der Waals surface area contributed by atoms with Gasteiger partial charge in [-0.05, 0) is 45.4 Å². The van der Waals surface area contributed by atoms with Gasteiger partial charge in [0.05, 0.1) is 18.1 Å². The van der Waals surface area contributed by atoms with Gasteiger partial charge in [0.1, 0.15) is 0 Å². The van der Waals surface area contributed by atoms with Crippen LogP contribution in [0, 0.1) is 11.3 Å². The van der Waals surface area contributed by atoms with Crippen molar-refractivity contribution in [2.45, 2.75) is 52.5 Å². The van der Waals surface area contributed by atoms with Gasteiger partial charge in [-0.15, -0.1) is 0 Å². The van der Waals surface area contributed by atoms with E-state index in [2.05, 4.69) is 6.92 Å². The van der Waals surface area contributed by atoms with E-state index in [1.807, 2.05) is 18.7 Å². The molecule has 1 amide bonds. The summed E-state index contributed by atoms with van der Waals surface area (Å²) in [6.07, 6.45) is 4.08. The van der Waals surface area contributed by atoms with Crippen molar-refractivity contribution in [3.8, 4) is 0 Å². The van der Waals surface area contributed by atoms with Crippen LogP contribution in [0.4, 0.5) is 0 Å². The highest BCUT2D eigenvalue weighted by molar-refractivity contribution is 5.83. The van der Waals surface area contributed by atoms with Crippen LogP contribution in [0.3, 0.4) is 0 Å². The van der Waals surface area contributed by atoms with Crippen molar-refractivity contribution < 1.29 is 9.53 Å². The van der Waals surface area contributed by atoms with Crippen molar-refractivity contribution in [2.75, 3.05) is 26.8 Å². The maximum atomic E-state index is 12.9. The van der Waals surface area contributed by atoms with Gasteiger partial charge in [-0.3, -0.25) is 4.79 Å². The lowest BCUT2D eigenvalue weighted by Crippen LogP contribution is -2.53. The molecule has 1 rings (SSSR count). The van der Waals surface area contributed by atoms with Crippen LogP contribution < -0.4 is 5.73 Å². The third-order valence-corrected chi connectivity index (χ3v) is 4.62. The first-order chi connectivity index (χ1) is 9.00. The zero-order valence-electron chi connectivity index (χ0n) is 12.9. The predicted molar refractivity (Wildman–Crippen MR) is 77.8 cm³/mol. The molecular formula is C15H30N2O2. The van der Waals surface area contributed by atoms with Gasteiger partial charge in [-0.25, -0.2) is 0 Å². The Morgan fingerprint density at radius 1 is 1.47 bits per heavy atom. The molecule has 4 nitrogen and oxygen atoms in total. The van der Waals surface area contributed by atoms with Gasteiger partial charge < -0.3 is 15.4 Å². The summed E-state index contributed by atoms with van der Waals surface area (Å²) in [5, 5.41) is 0. The maximum Gasteiger partial charge on any atom is 0.230 e. The lowest BCUT2D eigenvalue weighted by molar-refractivity contribution is -0.147. The van der Waals surface area contributed by atoms with E-state index in [9.17, 15) is 4.79 Å². The van der Waals surface area contributed by atoms with Crippen molar-refractivity contribution in [1.82, 2.24) is 4.90 Å². The average molecular weight is 270 g/mol. The summed E-state index contributed by atoms with van der Waals surface area (Å²) in [4.78, 5) is 14.8. The van der Waals surface area contributed by atoms with Crippen LogP contribution in [0.25, 0.3) is 0 Å². The first-order valence-electron chi connectivity index (χ1n) is 7.50. The molecule has 0 aliphatic heterocycles. The van der Waals surface area contributed by atoms with Crippen molar-refractivity contribution in [3.63, 3.8) is 0 Å². The second-order valence-corrected chi connectivity index (χ2v) is 6.06. The van der Waals surface area contributed by atoms with Crippen LogP contribution in [-0.2, 0) is 9.53 Å². The summed E-state index contributed by atoms with van der Waals surface area (Å²) >= 11 is 0. The van der Waals surface area contributed by atoms with E-state index in [1.165, 1.54) is 0 Å². The minimum Gasteiger partial charge on any atom is -0.383 e. The van der Waals surface area contributed by atoms with Gasteiger partial charge in [-0.2, -0.15) is 0 Å². The monoisotopic (exact) mass is 270 g/mol. The summed E-state index contributed by atoms with van der Waals surface area (Å²) in [5.41, 5.74) is 5.64. The fourth-order valence-corrected chi connectivity index (χ4v) is 3.11. The van der Waals surface area contributed by atoms with Gasteiger partial charge in [0.25, 0.3) is 0 Å². The van der Waals surface area contributed by atoms with E-state index in [0.29, 0.717) is 13.2 Å². The van der Waals surface area contributed by atoms with Crippen LogP contribution in [-0.4, -0.2) is 43.7 Å². The lowest BCUT2D eigenvalue weighted by Gasteiger charge is -2.42. The smallest absolute Gasteiger partial charge is 0.230 e. The quantitative estimate of drug-likeness (QED) is 0.803. The van der Waals surface area contributed by atoms with Gasteiger partial charge in [0.2, 0.25) is 5.91 Å². The van der Waals surface area contributed by atoms with Crippen molar-refractivity contribution >= 4 is 5.91 Å². The van der Waals surface area contributed by atoms with E-state index in [-0.39, 0.29) is 17.4 Å². The third kappa shape index (κ3) is 3.69. The number of nitrogens with two attached hydrogens (primary N) is 1. The van der Waals surface area contributed by atoms with Crippen LogP contribution in [0.15, 0.2) is 0 Å². The van der Waals surface area contributed by atoms with Gasteiger partial charge >= 0.3 is 0 Å². The minimum atomic E-state index is -0.329. The molecule has 0 aromatic carbocycles. The van der Waals surface area contributed by atoms with Gasteiger partial charge in [0.15, 0.2) is 0 Å². The van der Waals surface area contributed by atoms with Crippen LogP contribution in [0.5, 0.6) is 0 Å². The van der Waals surface area contributed by atoms with E-state index in [1.54, 1.807) is 7.11 Å². The Balaban J connectivity index is 2.81. The number of carbonyl (C=O) groups is 1. The van der Waals surface area contributed by atoms with E-state index < -0.39 is 0 Å². The van der Waals surface area contributed by atoms with Crippen LogP contribution >= 0.6 is 0 Å². The fraction of sp³-hybridized carbons (Fsp3) is 0.933. The second-order valence-electron chi connectivity index (χ2n) is 6.06. The van der Waals surface area contributed by atoms with Crippen LogP contribution in [0.2, 0.25) is 0 Å². The molecular weight excluding hydrogens is 240 g/mol.